The van der Waals surface area contributed by atoms with Gasteiger partial charge in [-0.25, -0.2) is 4.98 Å². The fourth-order valence-electron chi connectivity index (χ4n) is 1.66. The molecule has 5 heteroatoms. The zero-order valence-corrected chi connectivity index (χ0v) is 10.7. The summed E-state index contributed by atoms with van der Waals surface area (Å²) in [6.07, 6.45) is 1.60. The number of carbonyl (C=O) groups excluding carboxylic acids is 1. The number of methoxy groups -OCH3 is 1. The van der Waals surface area contributed by atoms with Gasteiger partial charge in [0.1, 0.15) is 17.3 Å². The first kappa shape index (κ1) is 12.9. The molecule has 0 saturated carbocycles. The van der Waals surface area contributed by atoms with E-state index in [2.05, 4.69) is 4.98 Å². The molecular weight excluding hydrogens is 244 g/mol. The number of nitrogens with zero attached hydrogens (tertiary/aromatic N) is 2. The fourth-order valence-corrected chi connectivity index (χ4v) is 1.66. The standard InChI is InChI=1S/C14H14N2O3/c1-16(13-5-3-4-8-15-13)14(18)11-7-6-10(19-2)9-12(11)17/h3-9,17H,1-2H3. The molecule has 1 aromatic carbocycles. The van der Waals surface area contributed by atoms with Crippen molar-refractivity contribution < 1.29 is 14.6 Å². The van der Waals surface area contributed by atoms with E-state index in [1.54, 1.807) is 37.5 Å². The van der Waals surface area contributed by atoms with Crippen LogP contribution >= 0.6 is 0 Å². The molecule has 2 aromatic rings. The number of benzene rings is 1. The van der Waals surface area contributed by atoms with E-state index in [0.717, 1.165) is 0 Å². The van der Waals surface area contributed by atoms with Gasteiger partial charge in [-0.2, -0.15) is 0 Å². The second-order valence-corrected chi connectivity index (χ2v) is 3.94. The number of pyridine rings is 1. The predicted octanol–water partition coefficient (Wildman–Crippen LogP) is 2.07. The zero-order chi connectivity index (χ0) is 13.8. The van der Waals surface area contributed by atoms with Crippen LogP contribution in [0.3, 0.4) is 0 Å². The average molecular weight is 258 g/mol. The van der Waals surface area contributed by atoms with Crippen LogP contribution in [0.1, 0.15) is 10.4 Å². The molecule has 98 valence electrons. The Morgan fingerprint density at radius 3 is 2.68 bits per heavy atom. The lowest BCUT2D eigenvalue weighted by atomic mass is 10.1. The van der Waals surface area contributed by atoms with E-state index in [4.69, 9.17) is 4.74 Å². The molecule has 0 atom stereocenters. The van der Waals surface area contributed by atoms with Crippen molar-refractivity contribution in [1.82, 2.24) is 4.98 Å². The molecule has 19 heavy (non-hydrogen) atoms. The Balaban J connectivity index is 2.29. The monoisotopic (exact) mass is 258 g/mol. The van der Waals surface area contributed by atoms with Gasteiger partial charge in [0, 0.05) is 19.3 Å². The Labute approximate surface area is 111 Å². The van der Waals surface area contributed by atoms with E-state index in [-0.39, 0.29) is 17.2 Å². The first-order chi connectivity index (χ1) is 9.13. The van der Waals surface area contributed by atoms with Gasteiger partial charge in [0.2, 0.25) is 0 Å². The molecule has 0 radical (unpaired) electrons. The normalized spacial score (nSPS) is 10.0. The SMILES string of the molecule is COc1ccc(C(=O)N(C)c2ccccn2)c(O)c1. The van der Waals surface area contributed by atoms with Crippen molar-refractivity contribution >= 4 is 11.7 Å². The highest BCUT2D eigenvalue weighted by molar-refractivity contribution is 6.07. The highest BCUT2D eigenvalue weighted by Crippen LogP contribution is 2.25. The lowest BCUT2D eigenvalue weighted by molar-refractivity contribution is 0.0989. The van der Waals surface area contributed by atoms with Gasteiger partial charge in [-0.05, 0) is 24.3 Å². The number of amides is 1. The summed E-state index contributed by atoms with van der Waals surface area (Å²) in [6.45, 7) is 0. The molecule has 1 amide bonds. The molecule has 1 aromatic heterocycles. The Kier molecular flexibility index (Phi) is 3.66. The van der Waals surface area contributed by atoms with Crippen LogP contribution in [0.15, 0.2) is 42.6 Å². The van der Waals surface area contributed by atoms with Crippen molar-refractivity contribution in [2.45, 2.75) is 0 Å². The first-order valence-corrected chi connectivity index (χ1v) is 5.69. The maximum Gasteiger partial charge on any atom is 0.262 e. The van der Waals surface area contributed by atoms with Crippen molar-refractivity contribution in [3.8, 4) is 11.5 Å². The Morgan fingerprint density at radius 2 is 2.11 bits per heavy atom. The molecule has 2 rings (SSSR count). The molecular formula is C14H14N2O3. The maximum absolute atomic E-state index is 12.3. The number of aromatic nitrogens is 1. The van der Waals surface area contributed by atoms with Crippen molar-refractivity contribution in [1.29, 1.82) is 0 Å². The third-order valence-corrected chi connectivity index (χ3v) is 2.73. The zero-order valence-electron chi connectivity index (χ0n) is 10.7. The third-order valence-electron chi connectivity index (χ3n) is 2.73. The van der Waals surface area contributed by atoms with E-state index in [9.17, 15) is 9.90 Å². The molecule has 0 fully saturated rings. The lowest BCUT2D eigenvalue weighted by Crippen LogP contribution is -2.27. The minimum Gasteiger partial charge on any atom is -0.507 e. The van der Waals surface area contributed by atoms with Crippen LogP contribution in [0.2, 0.25) is 0 Å². The second-order valence-electron chi connectivity index (χ2n) is 3.94. The van der Waals surface area contributed by atoms with Crippen LogP contribution in [0.5, 0.6) is 11.5 Å². The highest BCUT2D eigenvalue weighted by atomic mass is 16.5. The molecule has 0 saturated heterocycles. The van der Waals surface area contributed by atoms with Crippen molar-refractivity contribution in [3.63, 3.8) is 0 Å². The molecule has 0 unspecified atom stereocenters. The maximum atomic E-state index is 12.3. The van der Waals surface area contributed by atoms with Crippen LogP contribution in [0, 0.1) is 0 Å². The number of hydrogen-bond acceptors (Lipinski definition) is 4. The number of carbonyl (C=O) groups is 1. The molecule has 1 N–H and O–H groups in total. The molecule has 1 heterocycles. The van der Waals surface area contributed by atoms with E-state index in [1.807, 2.05) is 0 Å². The minimum absolute atomic E-state index is 0.118. The molecule has 0 aliphatic rings. The van der Waals surface area contributed by atoms with Gasteiger partial charge in [0.25, 0.3) is 5.91 Å². The third kappa shape index (κ3) is 2.65. The summed E-state index contributed by atoms with van der Waals surface area (Å²) in [5.41, 5.74) is 0.203. The summed E-state index contributed by atoms with van der Waals surface area (Å²) in [5.74, 6) is 0.559. The minimum atomic E-state index is -0.334. The summed E-state index contributed by atoms with van der Waals surface area (Å²) in [4.78, 5) is 17.7. The van der Waals surface area contributed by atoms with E-state index in [1.165, 1.54) is 24.1 Å². The first-order valence-electron chi connectivity index (χ1n) is 5.69. The van der Waals surface area contributed by atoms with Gasteiger partial charge in [-0.3, -0.25) is 9.69 Å². The van der Waals surface area contributed by atoms with E-state index >= 15 is 0 Å². The Hall–Kier alpha value is -2.56. The van der Waals surface area contributed by atoms with Gasteiger partial charge in [0.15, 0.2) is 0 Å². The molecule has 0 bridgehead atoms. The molecule has 0 spiro atoms. The summed E-state index contributed by atoms with van der Waals surface area (Å²) in [6, 6.07) is 9.83. The van der Waals surface area contributed by atoms with Crippen LogP contribution in [-0.2, 0) is 0 Å². The highest BCUT2D eigenvalue weighted by Gasteiger charge is 2.18. The number of phenols is 1. The van der Waals surface area contributed by atoms with Gasteiger partial charge in [0.05, 0.1) is 12.7 Å². The smallest absolute Gasteiger partial charge is 0.262 e. The van der Waals surface area contributed by atoms with Crippen LogP contribution < -0.4 is 9.64 Å². The molecule has 0 aliphatic carbocycles. The number of rotatable bonds is 3. The number of phenolic OH excluding ortho intramolecular Hbond substituents is 1. The topological polar surface area (TPSA) is 62.7 Å². The Morgan fingerprint density at radius 1 is 1.32 bits per heavy atom. The number of hydrogen-bond donors (Lipinski definition) is 1. The quantitative estimate of drug-likeness (QED) is 0.915. The summed E-state index contributed by atoms with van der Waals surface area (Å²) in [5, 5.41) is 9.84. The van der Waals surface area contributed by atoms with Crippen LogP contribution in [-0.4, -0.2) is 30.2 Å². The number of anilines is 1. The largest absolute Gasteiger partial charge is 0.507 e. The lowest BCUT2D eigenvalue weighted by Gasteiger charge is -2.16. The van der Waals surface area contributed by atoms with Crippen molar-refractivity contribution in [2.75, 3.05) is 19.1 Å². The number of aromatic hydroxyl groups is 1. The van der Waals surface area contributed by atoms with E-state index in [0.29, 0.717) is 11.6 Å². The number of ether oxygens (including phenoxy) is 1. The molecule has 5 nitrogen and oxygen atoms in total. The van der Waals surface area contributed by atoms with Gasteiger partial charge in [-0.1, -0.05) is 6.07 Å². The van der Waals surface area contributed by atoms with Crippen molar-refractivity contribution in [2.24, 2.45) is 0 Å². The van der Waals surface area contributed by atoms with Crippen LogP contribution in [0.25, 0.3) is 0 Å². The predicted molar refractivity (Wildman–Crippen MR) is 71.6 cm³/mol. The van der Waals surface area contributed by atoms with Gasteiger partial charge < -0.3 is 9.84 Å². The Bertz CT molecular complexity index is 584. The van der Waals surface area contributed by atoms with Gasteiger partial charge in [-0.15, -0.1) is 0 Å². The summed E-state index contributed by atoms with van der Waals surface area (Å²) in [7, 11) is 3.10. The van der Waals surface area contributed by atoms with Crippen LogP contribution in [0.4, 0.5) is 5.82 Å². The second kappa shape index (κ2) is 5.39. The summed E-state index contributed by atoms with van der Waals surface area (Å²) < 4.78 is 4.98. The van der Waals surface area contributed by atoms with Crippen molar-refractivity contribution in [3.05, 3.63) is 48.2 Å². The van der Waals surface area contributed by atoms with E-state index < -0.39 is 0 Å². The average Bonchev–Trinajstić information content (AvgIpc) is 2.46. The molecule has 0 aliphatic heterocycles. The fraction of sp³-hybridized carbons (Fsp3) is 0.143. The summed E-state index contributed by atoms with van der Waals surface area (Å²) >= 11 is 0. The van der Waals surface area contributed by atoms with Gasteiger partial charge >= 0.3 is 0 Å².